The maximum absolute atomic E-state index is 14.7. The highest BCUT2D eigenvalue weighted by molar-refractivity contribution is 7.92. The lowest BCUT2D eigenvalue weighted by molar-refractivity contribution is -0.140. The summed E-state index contributed by atoms with van der Waals surface area (Å²) in [5.74, 6) is -0.315. The van der Waals surface area contributed by atoms with Gasteiger partial charge in [0.2, 0.25) is 11.8 Å². The van der Waals surface area contributed by atoms with Gasteiger partial charge in [0.25, 0.3) is 10.0 Å². The molecule has 4 aromatic carbocycles. The highest BCUT2D eigenvalue weighted by Gasteiger charge is 2.36. The zero-order valence-electron chi connectivity index (χ0n) is 27.7. The second kappa shape index (κ2) is 15.0. The van der Waals surface area contributed by atoms with E-state index in [0.29, 0.717) is 22.0 Å². The van der Waals surface area contributed by atoms with Gasteiger partial charge in [-0.15, -0.1) is 0 Å². The molecule has 1 atom stereocenters. The molecule has 8 nitrogen and oxygen atoms in total. The Morgan fingerprint density at radius 1 is 0.872 bits per heavy atom. The number of hydrogen-bond acceptors (Lipinski definition) is 5. The SMILES string of the molecule is COc1cccc(CN(C(=O)CN(c2ccc(Cl)cc2C)S(=O)(=O)c2ccc(C)cc2)[C@H](Cc2ccccc2)C(=O)NC(C)(C)C)c1. The third-order valence-electron chi connectivity index (χ3n) is 7.57. The van der Waals surface area contributed by atoms with Crippen molar-refractivity contribution in [3.05, 3.63) is 124 Å². The Bertz CT molecular complexity index is 1810. The number of anilines is 1. The van der Waals surface area contributed by atoms with Crippen molar-refractivity contribution in [2.75, 3.05) is 18.0 Å². The topological polar surface area (TPSA) is 96.0 Å². The molecule has 0 heterocycles. The molecule has 10 heteroatoms. The van der Waals surface area contributed by atoms with E-state index in [2.05, 4.69) is 5.32 Å². The van der Waals surface area contributed by atoms with Crippen molar-refractivity contribution in [1.82, 2.24) is 10.2 Å². The van der Waals surface area contributed by atoms with E-state index < -0.39 is 34.1 Å². The summed E-state index contributed by atoms with van der Waals surface area (Å²) in [5, 5.41) is 3.48. The van der Waals surface area contributed by atoms with Crippen molar-refractivity contribution in [2.24, 2.45) is 0 Å². The normalized spacial score (nSPS) is 12.2. The largest absolute Gasteiger partial charge is 0.497 e. The van der Waals surface area contributed by atoms with E-state index in [0.717, 1.165) is 21.0 Å². The predicted molar refractivity (Wildman–Crippen MR) is 187 cm³/mol. The molecule has 0 aliphatic rings. The molecule has 4 rings (SSSR count). The molecule has 0 aromatic heterocycles. The standard InChI is InChI=1S/C37H42ClN3O5S/c1-26-15-18-32(19-16-26)47(44,45)41(33-20-17-30(38)21-27(33)2)25-35(42)40(24-29-13-10-14-31(22-29)46-6)34(36(43)39-37(3,4)5)23-28-11-8-7-9-12-28/h7-22,34H,23-25H2,1-6H3,(H,39,43)/t34-/m1/s1. The number of sulfonamides is 1. The number of rotatable bonds is 12. The molecule has 47 heavy (non-hydrogen) atoms. The van der Waals surface area contributed by atoms with Crippen LogP contribution in [0.1, 0.15) is 43.0 Å². The third-order valence-corrected chi connectivity index (χ3v) is 9.58. The molecule has 0 bridgehead atoms. The summed E-state index contributed by atoms with van der Waals surface area (Å²) < 4.78 is 35.1. The molecule has 1 N–H and O–H groups in total. The van der Waals surface area contributed by atoms with Crippen LogP contribution in [0.2, 0.25) is 5.02 Å². The summed E-state index contributed by atoms with van der Waals surface area (Å²) >= 11 is 6.25. The van der Waals surface area contributed by atoms with Crippen LogP contribution in [-0.4, -0.2) is 50.4 Å². The van der Waals surface area contributed by atoms with Crippen molar-refractivity contribution in [3.63, 3.8) is 0 Å². The number of ether oxygens (including phenoxy) is 1. The van der Waals surface area contributed by atoms with Crippen LogP contribution in [0, 0.1) is 13.8 Å². The van der Waals surface area contributed by atoms with E-state index in [4.69, 9.17) is 16.3 Å². The van der Waals surface area contributed by atoms with Crippen LogP contribution in [0.3, 0.4) is 0 Å². The fraction of sp³-hybridized carbons (Fsp3) is 0.297. The van der Waals surface area contributed by atoms with Crippen LogP contribution >= 0.6 is 11.6 Å². The first-order chi connectivity index (χ1) is 22.2. The minimum atomic E-state index is -4.23. The van der Waals surface area contributed by atoms with Gasteiger partial charge in [-0.25, -0.2) is 8.42 Å². The molecule has 0 saturated carbocycles. The summed E-state index contributed by atoms with van der Waals surface area (Å²) in [6, 6.07) is 27.0. The molecule has 0 aliphatic heterocycles. The highest BCUT2D eigenvalue weighted by Crippen LogP contribution is 2.30. The maximum Gasteiger partial charge on any atom is 0.264 e. The summed E-state index contributed by atoms with van der Waals surface area (Å²) in [6.45, 7) is 8.70. The molecule has 0 radical (unpaired) electrons. The zero-order valence-corrected chi connectivity index (χ0v) is 29.2. The number of aryl methyl sites for hydroxylation is 2. The number of hydrogen-bond donors (Lipinski definition) is 1. The van der Waals surface area contributed by atoms with E-state index in [9.17, 15) is 18.0 Å². The number of benzene rings is 4. The van der Waals surface area contributed by atoms with E-state index in [1.54, 1.807) is 56.5 Å². The monoisotopic (exact) mass is 675 g/mol. The summed E-state index contributed by atoms with van der Waals surface area (Å²) in [6.07, 6.45) is 0.211. The van der Waals surface area contributed by atoms with Crippen molar-refractivity contribution in [1.29, 1.82) is 0 Å². The lowest BCUT2D eigenvalue weighted by Gasteiger charge is -2.35. The highest BCUT2D eigenvalue weighted by atomic mass is 35.5. The molecule has 0 unspecified atom stereocenters. The summed E-state index contributed by atoms with van der Waals surface area (Å²) in [5.41, 5.74) is 2.76. The predicted octanol–water partition coefficient (Wildman–Crippen LogP) is 6.72. The minimum Gasteiger partial charge on any atom is -0.497 e. The lowest BCUT2D eigenvalue weighted by Crippen LogP contribution is -2.56. The van der Waals surface area contributed by atoms with E-state index in [-0.39, 0.29) is 23.8 Å². The first-order valence-corrected chi connectivity index (χ1v) is 17.1. The number of amides is 2. The second-order valence-electron chi connectivity index (χ2n) is 12.6. The first-order valence-electron chi connectivity index (χ1n) is 15.3. The summed E-state index contributed by atoms with van der Waals surface area (Å²) in [4.78, 5) is 30.2. The van der Waals surface area contributed by atoms with Crippen molar-refractivity contribution in [3.8, 4) is 5.75 Å². The Hall–Kier alpha value is -4.34. The molecule has 0 saturated heterocycles. The number of nitrogens with zero attached hydrogens (tertiary/aromatic N) is 2. The van der Waals surface area contributed by atoms with Crippen LogP contribution in [-0.2, 0) is 32.6 Å². The Morgan fingerprint density at radius 2 is 1.53 bits per heavy atom. The second-order valence-corrected chi connectivity index (χ2v) is 14.9. The Balaban J connectivity index is 1.85. The quantitative estimate of drug-likeness (QED) is 0.180. The van der Waals surface area contributed by atoms with E-state index in [1.807, 2.05) is 70.2 Å². The lowest BCUT2D eigenvalue weighted by atomic mass is 10.0. The van der Waals surface area contributed by atoms with Crippen molar-refractivity contribution < 1.29 is 22.7 Å². The Morgan fingerprint density at radius 3 is 2.15 bits per heavy atom. The molecule has 4 aromatic rings. The molecule has 248 valence electrons. The number of carbonyl (C=O) groups excluding carboxylic acids is 2. The number of nitrogens with one attached hydrogen (secondary N) is 1. The Kier molecular flexibility index (Phi) is 11.4. The van der Waals surface area contributed by atoms with E-state index in [1.165, 1.54) is 17.0 Å². The van der Waals surface area contributed by atoms with Crippen molar-refractivity contribution >= 4 is 39.1 Å². The third kappa shape index (κ3) is 9.36. The molecular weight excluding hydrogens is 634 g/mol. The van der Waals surface area contributed by atoms with Crippen LogP contribution in [0.5, 0.6) is 5.75 Å². The molecular formula is C37H42ClN3O5S. The number of methoxy groups -OCH3 is 1. The van der Waals surface area contributed by atoms with Gasteiger partial charge in [0, 0.05) is 23.5 Å². The van der Waals surface area contributed by atoms with Gasteiger partial charge >= 0.3 is 0 Å². The van der Waals surface area contributed by atoms with Gasteiger partial charge in [-0.2, -0.15) is 0 Å². The Labute approximate surface area is 283 Å². The smallest absolute Gasteiger partial charge is 0.264 e. The average Bonchev–Trinajstić information content (AvgIpc) is 3.01. The van der Waals surface area contributed by atoms with Gasteiger partial charge < -0.3 is 15.0 Å². The van der Waals surface area contributed by atoms with Gasteiger partial charge in [-0.1, -0.05) is 71.8 Å². The van der Waals surface area contributed by atoms with Crippen LogP contribution < -0.4 is 14.4 Å². The zero-order chi connectivity index (χ0) is 34.4. The molecule has 2 amide bonds. The molecule has 0 spiro atoms. The molecule has 0 fully saturated rings. The van der Waals surface area contributed by atoms with Crippen LogP contribution in [0.25, 0.3) is 0 Å². The summed E-state index contributed by atoms with van der Waals surface area (Å²) in [7, 11) is -2.67. The van der Waals surface area contributed by atoms with Gasteiger partial charge in [0.05, 0.1) is 17.7 Å². The fourth-order valence-electron chi connectivity index (χ4n) is 5.22. The van der Waals surface area contributed by atoms with E-state index >= 15 is 0 Å². The average molecular weight is 676 g/mol. The van der Waals surface area contributed by atoms with Crippen LogP contribution in [0.4, 0.5) is 5.69 Å². The minimum absolute atomic E-state index is 0.0309. The molecule has 0 aliphatic carbocycles. The number of halogens is 1. The number of carbonyl (C=O) groups is 2. The van der Waals surface area contributed by atoms with Crippen LogP contribution in [0.15, 0.2) is 102 Å². The van der Waals surface area contributed by atoms with Gasteiger partial charge in [0.1, 0.15) is 18.3 Å². The van der Waals surface area contributed by atoms with Crippen molar-refractivity contribution in [2.45, 2.75) is 64.1 Å². The van der Waals surface area contributed by atoms with Gasteiger partial charge in [-0.3, -0.25) is 13.9 Å². The fourth-order valence-corrected chi connectivity index (χ4v) is 6.93. The van der Waals surface area contributed by atoms with Gasteiger partial charge in [-0.05, 0) is 93.8 Å². The first kappa shape index (κ1) is 35.5. The maximum atomic E-state index is 14.7. The van der Waals surface area contributed by atoms with Gasteiger partial charge in [0.15, 0.2) is 0 Å².